The Balaban J connectivity index is 1.45. The van der Waals surface area contributed by atoms with Crippen LogP contribution in [0.5, 0.6) is 0 Å². The molecule has 35 heavy (non-hydrogen) atoms. The van der Waals surface area contributed by atoms with Gasteiger partial charge < -0.3 is 14.7 Å². The molecule has 2 aromatic carbocycles. The second-order valence-electron chi connectivity index (χ2n) is 9.10. The molecule has 1 aliphatic heterocycles. The van der Waals surface area contributed by atoms with Crippen molar-refractivity contribution in [3.8, 4) is 11.4 Å². The van der Waals surface area contributed by atoms with Crippen LogP contribution in [0.15, 0.2) is 51.9 Å². The van der Waals surface area contributed by atoms with E-state index in [1.807, 2.05) is 43.3 Å². The molecular formula is C25H31N5O4S. The van der Waals surface area contributed by atoms with Gasteiger partial charge in [0.15, 0.2) is 0 Å². The van der Waals surface area contributed by atoms with Crippen LogP contribution in [-0.2, 0) is 21.4 Å². The molecule has 1 aromatic heterocycles. The summed E-state index contributed by atoms with van der Waals surface area (Å²) in [6.45, 7) is 4.37. The van der Waals surface area contributed by atoms with Crippen LogP contribution in [0.2, 0.25) is 0 Å². The molecule has 1 atom stereocenters. The molecule has 0 unspecified atom stereocenters. The molecule has 1 aliphatic rings. The number of aryl methyl sites for hydroxylation is 2. The number of nitrogens with zero attached hydrogens (tertiary/aromatic N) is 4. The topological polar surface area (TPSA) is 109 Å². The first-order chi connectivity index (χ1) is 16.6. The fraction of sp³-hybridized carbons (Fsp3) is 0.400. The third-order valence-electron chi connectivity index (χ3n) is 6.27. The maximum atomic E-state index is 13.6. The van der Waals surface area contributed by atoms with E-state index in [0.717, 1.165) is 11.3 Å². The summed E-state index contributed by atoms with van der Waals surface area (Å²) in [4.78, 5) is 19.3. The van der Waals surface area contributed by atoms with Crippen molar-refractivity contribution in [3.63, 3.8) is 0 Å². The van der Waals surface area contributed by atoms with Crippen molar-refractivity contribution in [2.75, 3.05) is 32.1 Å². The summed E-state index contributed by atoms with van der Waals surface area (Å²) >= 11 is 0. The standard InChI is InChI=1S/C25H31N5O4S/c1-17-7-10-20(24-27-18(2)34-28-24)14-23(17)35(32,33)30-13-5-6-21(16-30)25(31)26-15-19-8-11-22(12-9-19)29(3)4/h7-12,14,21H,5-6,13,15-16H2,1-4H3,(H,26,31)/t21-/m0/s1. The van der Waals surface area contributed by atoms with Gasteiger partial charge in [-0.15, -0.1) is 0 Å². The van der Waals surface area contributed by atoms with Crippen molar-refractivity contribution in [3.05, 3.63) is 59.5 Å². The van der Waals surface area contributed by atoms with Crippen molar-refractivity contribution in [2.24, 2.45) is 5.92 Å². The van der Waals surface area contributed by atoms with Gasteiger partial charge in [-0.3, -0.25) is 4.79 Å². The predicted molar refractivity (Wildman–Crippen MR) is 133 cm³/mol. The van der Waals surface area contributed by atoms with Gasteiger partial charge >= 0.3 is 0 Å². The van der Waals surface area contributed by atoms with Crippen LogP contribution in [0.4, 0.5) is 5.69 Å². The van der Waals surface area contributed by atoms with Crippen LogP contribution < -0.4 is 10.2 Å². The fourth-order valence-electron chi connectivity index (χ4n) is 4.19. The summed E-state index contributed by atoms with van der Waals surface area (Å²) in [6, 6.07) is 13.1. The van der Waals surface area contributed by atoms with E-state index in [-0.39, 0.29) is 17.3 Å². The Morgan fingerprint density at radius 1 is 1.17 bits per heavy atom. The second kappa shape index (κ2) is 10.2. The molecule has 3 aromatic rings. The molecule has 0 radical (unpaired) electrons. The van der Waals surface area contributed by atoms with Crippen LogP contribution in [0.25, 0.3) is 11.4 Å². The molecule has 0 aliphatic carbocycles. The largest absolute Gasteiger partial charge is 0.378 e. The number of nitrogens with one attached hydrogen (secondary N) is 1. The molecule has 1 fully saturated rings. The molecule has 1 saturated heterocycles. The van der Waals surface area contributed by atoms with Gasteiger partial charge in [-0.2, -0.15) is 9.29 Å². The lowest BCUT2D eigenvalue weighted by Crippen LogP contribution is -2.45. The van der Waals surface area contributed by atoms with E-state index in [4.69, 9.17) is 4.52 Å². The summed E-state index contributed by atoms with van der Waals surface area (Å²) in [6.07, 6.45) is 1.27. The van der Waals surface area contributed by atoms with E-state index in [9.17, 15) is 13.2 Å². The third kappa shape index (κ3) is 5.54. The third-order valence-corrected chi connectivity index (χ3v) is 8.27. The van der Waals surface area contributed by atoms with Crippen molar-refractivity contribution in [1.82, 2.24) is 19.8 Å². The van der Waals surface area contributed by atoms with E-state index in [0.29, 0.717) is 48.8 Å². The lowest BCUT2D eigenvalue weighted by atomic mass is 9.98. The van der Waals surface area contributed by atoms with E-state index in [2.05, 4.69) is 15.5 Å². The average molecular weight is 498 g/mol. The Labute approximate surface area is 206 Å². The zero-order chi connectivity index (χ0) is 25.2. The van der Waals surface area contributed by atoms with E-state index in [1.165, 1.54) is 4.31 Å². The first kappa shape index (κ1) is 24.9. The zero-order valence-electron chi connectivity index (χ0n) is 20.5. The zero-order valence-corrected chi connectivity index (χ0v) is 21.3. The fourth-order valence-corrected chi connectivity index (χ4v) is 5.97. The maximum Gasteiger partial charge on any atom is 0.243 e. The van der Waals surface area contributed by atoms with E-state index in [1.54, 1.807) is 32.0 Å². The van der Waals surface area contributed by atoms with E-state index >= 15 is 0 Å². The highest BCUT2D eigenvalue weighted by Crippen LogP contribution is 2.29. The van der Waals surface area contributed by atoms with Gasteiger partial charge in [0, 0.05) is 51.9 Å². The molecule has 4 rings (SSSR count). The maximum absolute atomic E-state index is 13.6. The lowest BCUT2D eigenvalue weighted by molar-refractivity contribution is -0.126. The van der Waals surface area contributed by atoms with Crippen LogP contribution in [0, 0.1) is 19.8 Å². The first-order valence-electron chi connectivity index (χ1n) is 11.6. The molecule has 10 heteroatoms. The minimum Gasteiger partial charge on any atom is -0.378 e. The first-order valence-corrected chi connectivity index (χ1v) is 13.0. The molecule has 0 bridgehead atoms. The van der Waals surface area contributed by atoms with Gasteiger partial charge in [-0.05, 0) is 49.1 Å². The molecule has 2 heterocycles. The summed E-state index contributed by atoms with van der Waals surface area (Å²) < 4.78 is 33.6. The highest BCUT2D eigenvalue weighted by Gasteiger charge is 2.34. The number of hydrogen-bond acceptors (Lipinski definition) is 7. The van der Waals surface area contributed by atoms with Crippen molar-refractivity contribution >= 4 is 21.6 Å². The number of rotatable bonds is 7. The second-order valence-corrected chi connectivity index (χ2v) is 11.0. The number of carbonyl (C=O) groups excluding carboxylic acids is 1. The van der Waals surface area contributed by atoms with Crippen molar-refractivity contribution in [2.45, 2.75) is 38.1 Å². The number of hydrogen-bond donors (Lipinski definition) is 1. The van der Waals surface area contributed by atoms with Gasteiger partial charge in [0.2, 0.25) is 27.6 Å². The number of benzene rings is 2. The number of aromatic nitrogens is 2. The van der Waals surface area contributed by atoms with Gasteiger partial charge in [-0.25, -0.2) is 8.42 Å². The van der Waals surface area contributed by atoms with Gasteiger partial charge in [-0.1, -0.05) is 29.4 Å². The summed E-state index contributed by atoms with van der Waals surface area (Å²) in [5.41, 5.74) is 3.27. The average Bonchev–Trinajstić information content (AvgIpc) is 3.29. The molecule has 1 N–H and O–H groups in total. The molecule has 0 spiro atoms. The highest BCUT2D eigenvalue weighted by atomic mass is 32.2. The van der Waals surface area contributed by atoms with Gasteiger partial charge in [0.1, 0.15) is 0 Å². The Morgan fingerprint density at radius 2 is 1.91 bits per heavy atom. The van der Waals surface area contributed by atoms with E-state index < -0.39 is 15.9 Å². The Hall–Kier alpha value is -3.24. The molecule has 0 saturated carbocycles. The molecule has 1 amide bonds. The number of amides is 1. The Bertz CT molecular complexity index is 1300. The van der Waals surface area contributed by atoms with Crippen molar-refractivity contribution < 1.29 is 17.7 Å². The normalized spacial score (nSPS) is 16.7. The van der Waals surface area contributed by atoms with Gasteiger partial charge in [0.05, 0.1) is 10.8 Å². The molecule has 186 valence electrons. The summed E-state index contributed by atoms with van der Waals surface area (Å²) in [5, 5.41) is 6.87. The minimum absolute atomic E-state index is 0.130. The Morgan fingerprint density at radius 3 is 2.57 bits per heavy atom. The van der Waals surface area contributed by atoms with Crippen LogP contribution in [0.3, 0.4) is 0 Å². The highest BCUT2D eigenvalue weighted by molar-refractivity contribution is 7.89. The number of piperidine rings is 1. The number of sulfonamides is 1. The van der Waals surface area contributed by atoms with Gasteiger partial charge in [0.25, 0.3) is 0 Å². The smallest absolute Gasteiger partial charge is 0.243 e. The quantitative estimate of drug-likeness (QED) is 0.534. The monoisotopic (exact) mass is 497 g/mol. The van der Waals surface area contributed by atoms with Crippen LogP contribution in [-0.4, -0.2) is 56.0 Å². The Kier molecular flexibility index (Phi) is 7.23. The minimum atomic E-state index is -3.80. The predicted octanol–water partition coefficient (Wildman–Crippen LogP) is 3.14. The molecular weight excluding hydrogens is 466 g/mol. The van der Waals surface area contributed by atoms with Crippen molar-refractivity contribution in [1.29, 1.82) is 0 Å². The summed E-state index contributed by atoms with van der Waals surface area (Å²) in [7, 11) is 0.151. The summed E-state index contributed by atoms with van der Waals surface area (Å²) in [5.74, 6) is 0.217. The lowest BCUT2D eigenvalue weighted by Gasteiger charge is -2.31. The number of anilines is 1. The number of carbonyl (C=O) groups is 1. The SMILES string of the molecule is Cc1nc(-c2ccc(C)c(S(=O)(=O)N3CCC[C@H](C(=O)NCc4ccc(N(C)C)cc4)C3)c2)no1. The molecule has 9 nitrogen and oxygen atoms in total. The van der Waals surface area contributed by atoms with Crippen LogP contribution >= 0.6 is 0 Å². The van der Waals surface area contributed by atoms with Crippen LogP contribution in [0.1, 0.15) is 29.9 Å².